The lowest BCUT2D eigenvalue weighted by Crippen LogP contribution is -2.34. The van der Waals surface area contributed by atoms with Gasteiger partial charge in [0.1, 0.15) is 0 Å². The molecule has 0 bridgehead atoms. The van der Waals surface area contributed by atoms with Gasteiger partial charge < -0.3 is 19.7 Å². The van der Waals surface area contributed by atoms with Gasteiger partial charge in [-0.2, -0.15) is 13.2 Å². The zero-order chi connectivity index (χ0) is 20.3. The number of amides is 2. The molecule has 2 amide bonds. The maximum Gasteiger partial charge on any atom is 0.422 e. The molecule has 150 valence electrons. The van der Waals surface area contributed by atoms with Crippen molar-refractivity contribution in [1.82, 2.24) is 4.90 Å². The number of benzene rings is 2. The average Bonchev–Trinajstić information content (AvgIpc) is 3.09. The highest BCUT2D eigenvalue weighted by Gasteiger charge is 2.30. The number of hydrogen-bond donors (Lipinski definition) is 1. The van der Waals surface area contributed by atoms with Gasteiger partial charge in [-0.15, -0.1) is 0 Å². The van der Waals surface area contributed by atoms with Crippen LogP contribution in [0.2, 0.25) is 0 Å². The highest BCUT2D eigenvalue weighted by molar-refractivity contribution is 5.90. The Morgan fingerprint density at radius 3 is 2.68 bits per heavy atom. The summed E-state index contributed by atoms with van der Waals surface area (Å²) in [6.07, 6.45) is -2.75. The Kier molecular flexibility index (Phi) is 5.67. The molecule has 3 rings (SSSR count). The van der Waals surface area contributed by atoms with Crippen molar-refractivity contribution in [3.05, 3.63) is 53.6 Å². The number of alkyl halides is 3. The summed E-state index contributed by atoms with van der Waals surface area (Å²) in [5, 5.41) is 2.71. The van der Waals surface area contributed by atoms with E-state index in [1.54, 1.807) is 18.0 Å². The van der Waals surface area contributed by atoms with Gasteiger partial charge in [0.05, 0.1) is 13.2 Å². The van der Waals surface area contributed by atoms with Gasteiger partial charge >= 0.3 is 12.2 Å². The third kappa shape index (κ3) is 4.49. The second kappa shape index (κ2) is 8.00. The molecule has 0 saturated heterocycles. The number of aryl methyl sites for hydroxylation is 1. The van der Waals surface area contributed by atoms with Gasteiger partial charge in [0, 0.05) is 18.8 Å². The smallest absolute Gasteiger partial charge is 0.422 e. The lowest BCUT2D eigenvalue weighted by atomic mass is 10.1. The topological polar surface area (TPSA) is 50.8 Å². The second-order valence-electron chi connectivity index (χ2n) is 6.56. The van der Waals surface area contributed by atoms with Crippen molar-refractivity contribution in [2.45, 2.75) is 25.1 Å². The Morgan fingerprint density at radius 2 is 1.96 bits per heavy atom. The summed E-state index contributed by atoms with van der Waals surface area (Å²) in [6, 6.07) is 11.9. The van der Waals surface area contributed by atoms with Gasteiger partial charge in [0.15, 0.2) is 18.1 Å². The molecular formula is C20H21F3N2O3. The summed E-state index contributed by atoms with van der Waals surface area (Å²) in [7, 11) is 3.03. The predicted molar refractivity (Wildman–Crippen MR) is 98.8 cm³/mol. The molecule has 8 heteroatoms. The number of carbonyl (C=O) groups excluding carboxylic acids is 1. The quantitative estimate of drug-likeness (QED) is 0.794. The molecule has 1 aliphatic carbocycles. The van der Waals surface area contributed by atoms with Crippen LogP contribution in [0.3, 0.4) is 0 Å². The van der Waals surface area contributed by atoms with Crippen molar-refractivity contribution in [3.8, 4) is 11.5 Å². The molecule has 0 aromatic heterocycles. The molecule has 0 aliphatic heterocycles. The lowest BCUT2D eigenvalue weighted by Gasteiger charge is -2.26. The van der Waals surface area contributed by atoms with Gasteiger partial charge in [0.2, 0.25) is 0 Å². The van der Waals surface area contributed by atoms with E-state index in [9.17, 15) is 18.0 Å². The first kappa shape index (κ1) is 19.9. The van der Waals surface area contributed by atoms with Gasteiger partial charge in [0.25, 0.3) is 0 Å². The highest BCUT2D eigenvalue weighted by atomic mass is 19.4. The van der Waals surface area contributed by atoms with E-state index in [2.05, 4.69) is 11.4 Å². The molecule has 5 nitrogen and oxygen atoms in total. The fourth-order valence-corrected chi connectivity index (χ4v) is 3.32. The molecule has 28 heavy (non-hydrogen) atoms. The van der Waals surface area contributed by atoms with Crippen LogP contribution in [-0.4, -0.2) is 37.9 Å². The van der Waals surface area contributed by atoms with Crippen LogP contribution < -0.4 is 14.8 Å². The summed E-state index contributed by atoms with van der Waals surface area (Å²) < 4.78 is 47.2. The van der Waals surface area contributed by atoms with Crippen LogP contribution in [-0.2, 0) is 6.42 Å². The third-order valence-electron chi connectivity index (χ3n) is 4.70. The standard InChI is InChI=1S/C20H21F3N2O3/c1-25(16-9-7-13-5-3-4-6-15(13)16)19(26)24-14-8-10-17(27-2)18(11-14)28-12-20(21,22)23/h3-6,8,10-11,16H,7,9,12H2,1-2H3,(H,24,26). The number of anilines is 1. The molecule has 0 saturated carbocycles. The summed E-state index contributed by atoms with van der Waals surface area (Å²) >= 11 is 0. The molecule has 0 spiro atoms. The minimum atomic E-state index is -4.47. The molecule has 1 aliphatic rings. The van der Waals surface area contributed by atoms with Crippen molar-refractivity contribution in [2.24, 2.45) is 0 Å². The Bertz CT molecular complexity index is 855. The maximum absolute atomic E-state index is 12.7. The highest BCUT2D eigenvalue weighted by Crippen LogP contribution is 2.36. The van der Waals surface area contributed by atoms with E-state index >= 15 is 0 Å². The van der Waals surface area contributed by atoms with Crippen LogP contribution in [0.25, 0.3) is 0 Å². The van der Waals surface area contributed by atoms with Crippen LogP contribution in [0.15, 0.2) is 42.5 Å². The Morgan fingerprint density at radius 1 is 1.21 bits per heavy atom. The number of methoxy groups -OCH3 is 1. The predicted octanol–water partition coefficient (Wildman–Crippen LogP) is 4.79. The van der Waals surface area contributed by atoms with E-state index in [1.165, 1.54) is 24.8 Å². The Balaban J connectivity index is 1.71. The number of rotatable bonds is 5. The van der Waals surface area contributed by atoms with E-state index in [4.69, 9.17) is 9.47 Å². The van der Waals surface area contributed by atoms with Crippen molar-refractivity contribution < 1.29 is 27.4 Å². The minimum Gasteiger partial charge on any atom is -0.493 e. The van der Waals surface area contributed by atoms with Crippen LogP contribution in [0.1, 0.15) is 23.6 Å². The van der Waals surface area contributed by atoms with E-state index in [0.29, 0.717) is 5.69 Å². The zero-order valence-electron chi connectivity index (χ0n) is 15.5. The Hall–Kier alpha value is -2.90. The lowest BCUT2D eigenvalue weighted by molar-refractivity contribution is -0.153. The number of hydrogen-bond acceptors (Lipinski definition) is 3. The number of urea groups is 1. The number of ether oxygens (including phenoxy) is 2. The maximum atomic E-state index is 12.7. The third-order valence-corrected chi connectivity index (χ3v) is 4.70. The molecular weight excluding hydrogens is 373 g/mol. The SMILES string of the molecule is COc1ccc(NC(=O)N(C)C2CCc3ccccc32)cc1OCC(F)(F)F. The van der Waals surface area contributed by atoms with Crippen LogP contribution in [0.4, 0.5) is 23.7 Å². The first-order chi connectivity index (χ1) is 13.3. The summed E-state index contributed by atoms with van der Waals surface area (Å²) in [5.74, 6) is 0.0619. The summed E-state index contributed by atoms with van der Waals surface area (Å²) in [6.45, 7) is -1.44. The minimum absolute atomic E-state index is 0.0459. The fraction of sp³-hybridized carbons (Fsp3) is 0.350. The number of fused-ring (bicyclic) bond motifs is 1. The zero-order valence-corrected chi connectivity index (χ0v) is 15.5. The Labute approximate surface area is 161 Å². The molecule has 0 fully saturated rings. The summed E-state index contributed by atoms with van der Waals surface area (Å²) in [4.78, 5) is 14.3. The molecule has 1 unspecified atom stereocenters. The van der Waals surface area contributed by atoms with Crippen molar-refractivity contribution >= 4 is 11.7 Å². The molecule has 0 heterocycles. The largest absolute Gasteiger partial charge is 0.493 e. The first-order valence-corrected chi connectivity index (χ1v) is 8.77. The van der Waals surface area contributed by atoms with Crippen LogP contribution >= 0.6 is 0 Å². The second-order valence-corrected chi connectivity index (χ2v) is 6.56. The fourth-order valence-electron chi connectivity index (χ4n) is 3.32. The molecule has 2 aromatic rings. The van der Waals surface area contributed by atoms with Gasteiger partial charge in [-0.3, -0.25) is 0 Å². The monoisotopic (exact) mass is 394 g/mol. The molecule has 2 aromatic carbocycles. The van der Waals surface area contributed by atoms with Crippen molar-refractivity contribution in [3.63, 3.8) is 0 Å². The number of carbonyl (C=O) groups is 1. The van der Waals surface area contributed by atoms with E-state index in [-0.39, 0.29) is 23.6 Å². The van der Waals surface area contributed by atoms with Gasteiger partial charge in [-0.05, 0) is 36.1 Å². The molecule has 0 radical (unpaired) electrons. The van der Waals surface area contributed by atoms with E-state index in [0.717, 1.165) is 18.4 Å². The van der Waals surface area contributed by atoms with Crippen molar-refractivity contribution in [2.75, 3.05) is 26.1 Å². The van der Waals surface area contributed by atoms with E-state index < -0.39 is 12.8 Å². The van der Waals surface area contributed by atoms with Crippen LogP contribution in [0.5, 0.6) is 11.5 Å². The normalized spacial score (nSPS) is 15.7. The molecule has 1 N–H and O–H groups in total. The van der Waals surface area contributed by atoms with Gasteiger partial charge in [-0.1, -0.05) is 24.3 Å². The number of nitrogens with one attached hydrogen (secondary N) is 1. The summed E-state index contributed by atoms with van der Waals surface area (Å²) in [5.41, 5.74) is 2.66. The first-order valence-electron chi connectivity index (χ1n) is 8.77. The van der Waals surface area contributed by atoms with Crippen LogP contribution in [0, 0.1) is 0 Å². The average molecular weight is 394 g/mol. The van der Waals surface area contributed by atoms with Gasteiger partial charge in [-0.25, -0.2) is 4.79 Å². The number of nitrogens with zero attached hydrogens (tertiary/aromatic N) is 1. The van der Waals surface area contributed by atoms with E-state index in [1.807, 2.05) is 18.2 Å². The molecule has 1 atom stereocenters. The number of halogens is 3. The van der Waals surface area contributed by atoms with Crippen molar-refractivity contribution in [1.29, 1.82) is 0 Å².